The van der Waals surface area contributed by atoms with Crippen molar-refractivity contribution < 1.29 is 13.9 Å². The van der Waals surface area contributed by atoms with E-state index in [0.717, 1.165) is 31.6 Å². The van der Waals surface area contributed by atoms with E-state index in [0.29, 0.717) is 12.0 Å². The van der Waals surface area contributed by atoms with Gasteiger partial charge in [0.2, 0.25) is 0 Å². The maximum Gasteiger partial charge on any atom is 0.126 e. The molecule has 1 aromatic carbocycles. The molecule has 1 saturated heterocycles. The van der Waals surface area contributed by atoms with E-state index >= 15 is 0 Å². The predicted molar refractivity (Wildman–Crippen MR) is 75.4 cm³/mol. The Balaban J connectivity index is 1.82. The van der Waals surface area contributed by atoms with E-state index in [1.807, 2.05) is 0 Å². The minimum absolute atomic E-state index is 0.326. The zero-order chi connectivity index (χ0) is 14.5. The Hall–Kier alpha value is -1.00. The molecule has 0 spiro atoms. The van der Waals surface area contributed by atoms with Crippen LogP contribution in [0.5, 0.6) is 0 Å². The Kier molecular flexibility index (Phi) is 5.49. The van der Waals surface area contributed by atoms with Crippen LogP contribution in [0.1, 0.15) is 44.3 Å². The maximum absolute atomic E-state index is 13.1. The minimum atomic E-state index is -0.801. The third-order valence-electron chi connectivity index (χ3n) is 4.06. The van der Waals surface area contributed by atoms with Crippen LogP contribution >= 0.6 is 0 Å². The third-order valence-corrected chi connectivity index (χ3v) is 4.06. The van der Waals surface area contributed by atoms with E-state index in [9.17, 15) is 13.9 Å². The van der Waals surface area contributed by atoms with E-state index in [1.54, 1.807) is 0 Å². The zero-order valence-electron chi connectivity index (χ0n) is 12.0. The van der Waals surface area contributed by atoms with Crippen molar-refractivity contribution >= 4 is 0 Å². The standard InChI is InChI=1S/C16H23F2NO/c1-2-3-12-4-6-19(11-12)7-5-16(20)13-8-14(17)10-15(18)9-13/h8-10,12,16,20H,2-7,11H2,1H3. The van der Waals surface area contributed by atoms with Crippen molar-refractivity contribution in [3.63, 3.8) is 0 Å². The topological polar surface area (TPSA) is 23.5 Å². The van der Waals surface area contributed by atoms with Gasteiger partial charge in [0.25, 0.3) is 0 Å². The van der Waals surface area contributed by atoms with Crippen LogP contribution in [-0.4, -0.2) is 29.6 Å². The molecule has 1 fully saturated rings. The fourth-order valence-electron chi connectivity index (χ4n) is 3.00. The van der Waals surface area contributed by atoms with Gasteiger partial charge in [0.1, 0.15) is 11.6 Å². The fourth-order valence-corrected chi connectivity index (χ4v) is 3.00. The van der Waals surface area contributed by atoms with Gasteiger partial charge < -0.3 is 10.0 Å². The van der Waals surface area contributed by atoms with Crippen molar-refractivity contribution in [1.82, 2.24) is 4.90 Å². The van der Waals surface area contributed by atoms with Crippen molar-refractivity contribution in [3.8, 4) is 0 Å². The molecule has 2 unspecified atom stereocenters. The second kappa shape index (κ2) is 7.14. The number of rotatable bonds is 6. The highest BCUT2D eigenvalue weighted by Gasteiger charge is 2.22. The van der Waals surface area contributed by atoms with Gasteiger partial charge in [-0.25, -0.2) is 8.78 Å². The summed E-state index contributed by atoms with van der Waals surface area (Å²) in [6.07, 6.45) is 3.41. The summed E-state index contributed by atoms with van der Waals surface area (Å²) in [7, 11) is 0. The van der Waals surface area contributed by atoms with Crippen LogP contribution in [0, 0.1) is 17.6 Å². The van der Waals surface area contributed by atoms with Gasteiger partial charge in [-0.3, -0.25) is 0 Å². The summed E-state index contributed by atoms with van der Waals surface area (Å²) in [6.45, 7) is 5.12. The van der Waals surface area contributed by atoms with Gasteiger partial charge in [-0.15, -0.1) is 0 Å². The molecular weight excluding hydrogens is 260 g/mol. The lowest BCUT2D eigenvalue weighted by atomic mass is 10.0. The molecule has 2 atom stereocenters. The highest BCUT2D eigenvalue weighted by atomic mass is 19.1. The molecule has 0 aliphatic carbocycles. The molecule has 1 N–H and O–H groups in total. The number of halogens is 2. The molecule has 0 saturated carbocycles. The van der Waals surface area contributed by atoms with Gasteiger partial charge in [0, 0.05) is 19.2 Å². The summed E-state index contributed by atoms with van der Waals surface area (Å²) < 4.78 is 26.2. The fraction of sp³-hybridized carbons (Fsp3) is 0.625. The molecule has 1 aliphatic rings. The highest BCUT2D eigenvalue weighted by Crippen LogP contribution is 2.24. The highest BCUT2D eigenvalue weighted by molar-refractivity contribution is 5.20. The van der Waals surface area contributed by atoms with Crippen molar-refractivity contribution in [2.45, 2.75) is 38.7 Å². The summed E-state index contributed by atoms with van der Waals surface area (Å²) in [5, 5.41) is 10.0. The number of aliphatic hydroxyl groups is 1. The van der Waals surface area contributed by atoms with Crippen LogP contribution in [0.15, 0.2) is 18.2 Å². The lowest BCUT2D eigenvalue weighted by Gasteiger charge is -2.18. The lowest BCUT2D eigenvalue weighted by molar-refractivity contribution is 0.147. The molecule has 0 bridgehead atoms. The molecule has 1 heterocycles. The quantitative estimate of drug-likeness (QED) is 0.863. The molecule has 0 radical (unpaired) electrons. The summed E-state index contributed by atoms with van der Waals surface area (Å²) >= 11 is 0. The van der Waals surface area contributed by atoms with Gasteiger partial charge in [0.15, 0.2) is 0 Å². The SMILES string of the molecule is CCCC1CCN(CCC(O)c2cc(F)cc(F)c2)C1. The van der Waals surface area contributed by atoms with Gasteiger partial charge in [0.05, 0.1) is 6.10 Å². The molecule has 2 rings (SSSR count). The Labute approximate surface area is 119 Å². The number of benzene rings is 1. The lowest BCUT2D eigenvalue weighted by Crippen LogP contribution is -2.23. The largest absolute Gasteiger partial charge is 0.388 e. The second-order valence-corrected chi connectivity index (χ2v) is 5.75. The Bertz CT molecular complexity index is 418. The first-order chi connectivity index (χ1) is 9.58. The van der Waals surface area contributed by atoms with E-state index < -0.39 is 17.7 Å². The summed E-state index contributed by atoms with van der Waals surface area (Å²) in [6, 6.07) is 3.24. The number of hydrogen-bond donors (Lipinski definition) is 1. The molecule has 0 amide bonds. The first-order valence-electron chi connectivity index (χ1n) is 7.45. The number of hydrogen-bond acceptors (Lipinski definition) is 2. The second-order valence-electron chi connectivity index (χ2n) is 5.75. The van der Waals surface area contributed by atoms with Gasteiger partial charge >= 0.3 is 0 Å². The Morgan fingerprint density at radius 2 is 2.00 bits per heavy atom. The summed E-state index contributed by atoms with van der Waals surface area (Å²) in [5.74, 6) is -0.504. The normalized spacial score (nSPS) is 21.3. The molecule has 0 aromatic heterocycles. The number of likely N-dealkylation sites (tertiary alicyclic amines) is 1. The van der Waals surface area contributed by atoms with Crippen LogP contribution in [0.4, 0.5) is 8.78 Å². The van der Waals surface area contributed by atoms with E-state index in [1.165, 1.54) is 31.4 Å². The van der Waals surface area contributed by atoms with Crippen LogP contribution in [0.25, 0.3) is 0 Å². The Morgan fingerprint density at radius 3 is 2.65 bits per heavy atom. The molecule has 1 aliphatic heterocycles. The van der Waals surface area contributed by atoms with Crippen LogP contribution < -0.4 is 0 Å². The van der Waals surface area contributed by atoms with Crippen molar-refractivity contribution in [2.24, 2.45) is 5.92 Å². The summed E-state index contributed by atoms with van der Waals surface area (Å²) in [5.41, 5.74) is 0.326. The third kappa shape index (κ3) is 4.25. The zero-order valence-corrected chi connectivity index (χ0v) is 12.0. The van der Waals surface area contributed by atoms with Crippen LogP contribution in [0.3, 0.4) is 0 Å². The first kappa shape index (κ1) is 15.4. The monoisotopic (exact) mass is 283 g/mol. The van der Waals surface area contributed by atoms with E-state index in [4.69, 9.17) is 0 Å². The van der Waals surface area contributed by atoms with Crippen molar-refractivity contribution in [1.29, 1.82) is 0 Å². The molecule has 20 heavy (non-hydrogen) atoms. The molecule has 1 aromatic rings. The molecule has 2 nitrogen and oxygen atoms in total. The maximum atomic E-state index is 13.1. The minimum Gasteiger partial charge on any atom is -0.388 e. The van der Waals surface area contributed by atoms with Gasteiger partial charge in [-0.1, -0.05) is 13.3 Å². The number of aliphatic hydroxyl groups excluding tert-OH is 1. The summed E-state index contributed by atoms with van der Waals surface area (Å²) in [4.78, 5) is 2.33. The number of nitrogens with zero attached hydrogens (tertiary/aromatic N) is 1. The molecule has 112 valence electrons. The first-order valence-corrected chi connectivity index (χ1v) is 7.45. The van der Waals surface area contributed by atoms with Crippen LogP contribution in [-0.2, 0) is 0 Å². The van der Waals surface area contributed by atoms with Crippen LogP contribution in [0.2, 0.25) is 0 Å². The molecular formula is C16H23F2NO. The smallest absolute Gasteiger partial charge is 0.126 e. The van der Waals surface area contributed by atoms with Crippen molar-refractivity contribution in [2.75, 3.05) is 19.6 Å². The molecule has 4 heteroatoms. The van der Waals surface area contributed by atoms with E-state index in [-0.39, 0.29) is 0 Å². The van der Waals surface area contributed by atoms with E-state index in [2.05, 4.69) is 11.8 Å². The van der Waals surface area contributed by atoms with Gasteiger partial charge in [-0.2, -0.15) is 0 Å². The average molecular weight is 283 g/mol. The van der Waals surface area contributed by atoms with Crippen molar-refractivity contribution in [3.05, 3.63) is 35.4 Å². The Morgan fingerprint density at radius 1 is 1.30 bits per heavy atom. The average Bonchev–Trinajstić information content (AvgIpc) is 2.83. The predicted octanol–water partition coefficient (Wildman–Crippen LogP) is 3.51. The van der Waals surface area contributed by atoms with Gasteiger partial charge in [-0.05, 0) is 49.4 Å².